The Morgan fingerprint density at radius 1 is 0.635 bits per heavy atom. The number of amides is 8. The van der Waals surface area contributed by atoms with Crippen molar-refractivity contribution in [2.24, 2.45) is 23.1 Å². The molecule has 8 amide bonds. The Hall–Kier alpha value is -6.29. The van der Waals surface area contributed by atoms with E-state index >= 15 is 0 Å². The minimum atomic E-state index is -1.95. The standard InChI is InChI=1S/C36H60N12O15/c1-17(2)9-21(31(57)47-25(14-50)33(59)42-20(5-3-4-8-37)30(56)45-23(36(62)63)10-18-12-40-16-41-18)43-32(58)22(11-28(53)54)44-34(60)26(15-51)48-35(61)24(13-49)46-29(55)19(38)6-7-27(39)52/h12,16-17,19-26,49-51H,3-11,13-15,37-38H2,1-2H3,(H2,39,52)(H,40,41)(H,42,59)(H,43,58)(H,44,60)(H,45,56)(H,46,55)(H,47,57)(H,48,61)(H,53,54)(H,62,63)/t19-,20-,21-,22-,23-,24-,25-,26-/m0/s1. The highest BCUT2D eigenvalue weighted by atomic mass is 16.4. The molecule has 0 aliphatic heterocycles. The summed E-state index contributed by atoms with van der Waals surface area (Å²) in [6.45, 7) is 0.347. The largest absolute Gasteiger partial charge is 0.481 e. The van der Waals surface area contributed by atoms with Crippen LogP contribution in [0.4, 0.5) is 0 Å². The van der Waals surface area contributed by atoms with E-state index < -0.39 is 134 Å². The Labute approximate surface area is 360 Å². The lowest BCUT2D eigenvalue weighted by Crippen LogP contribution is -2.61. The molecule has 0 radical (unpaired) electrons. The number of unbranched alkanes of at least 4 members (excludes halogenated alkanes) is 1. The number of aromatic nitrogens is 2. The fourth-order valence-electron chi connectivity index (χ4n) is 5.59. The second kappa shape index (κ2) is 28.3. The first-order valence-corrected chi connectivity index (χ1v) is 19.8. The first-order chi connectivity index (χ1) is 29.7. The van der Waals surface area contributed by atoms with Gasteiger partial charge < -0.3 is 84.9 Å². The van der Waals surface area contributed by atoms with Crippen LogP contribution in [0.15, 0.2) is 12.5 Å². The molecule has 0 spiro atoms. The van der Waals surface area contributed by atoms with Gasteiger partial charge in [0.1, 0.15) is 42.3 Å². The van der Waals surface area contributed by atoms with Crippen LogP contribution in [-0.2, 0) is 54.4 Å². The molecule has 8 atom stereocenters. The van der Waals surface area contributed by atoms with Crippen LogP contribution in [0.5, 0.6) is 0 Å². The average molecular weight is 901 g/mol. The van der Waals surface area contributed by atoms with E-state index in [1.54, 1.807) is 13.8 Å². The quantitative estimate of drug-likeness (QED) is 0.0308. The van der Waals surface area contributed by atoms with Gasteiger partial charge in [0.15, 0.2) is 0 Å². The van der Waals surface area contributed by atoms with Crippen LogP contribution in [0, 0.1) is 5.92 Å². The number of nitrogens with one attached hydrogen (secondary N) is 8. The van der Waals surface area contributed by atoms with Crippen LogP contribution >= 0.6 is 0 Å². The number of nitrogens with two attached hydrogens (primary N) is 3. The summed E-state index contributed by atoms with van der Waals surface area (Å²) in [5.74, 6) is -11.9. The number of aliphatic carboxylic acids is 2. The van der Waals surface area contributed by atoms with Gasteiger partial charge in [0, 0.05) is 24.7 Å². The van der Waals surface area contributed by atoms with Crippen LogP contribution in [0.1, 0.15) is 64.5 Å². The number of imidazole rings is 1. The topological polar surface area (TPSA) is 463 Å². The molecule has 0 aliphatic rings. The van der Waals surface area contributed by atoms with Crippen molar-refractivity contribution in [1.29, 1.82) is 0 Å². The molecule has 0 unspecified atom stereocenters. The highest BCUT2D eigenvalue weighted by molar-refractivity contribution is 5.98. The van der Waals surface area contributed by atoms with Gasteiger partial charge in [0.2, 0.25) is 47.3 Å². The molecule has 1 rings (SSSR count). The average Bonchev–Trinajstić information content (AvgIpc) is 3.74. The summed E-state index contributed by atoms with van der Waals surface area (Å²) >= 11 is 0. The van der Waals surface area contributed by atoms with E-state index in [2.05, 4.69) is 41.9 Å². The lowest BCUT2D eigenvalue weighted by molar-refractivity contribution is -0.142. The molecule has 27 nitrogen and oxygen atoms in total. The van der Waals surface area contributed by atoms with Gasteiger partial charge in [-0.3, -0.25) is 43.2 Å². The molecule has 27 heteroatoms. The molecule has 0 fully saturated rings. The predicted molar refractivity (Wildman–Crippen MR) is 216 cm³/mol. The number of hydrogen-bond acceptors (Lipinski definition) is 16. The fourth-order valence-corrected chi connectivity index (χ4v) is 5.59. The Kier molecular flexibility index (Phi) is 24.6. The van der Waals surface area contributed by atoms with Gasteiger partial charge in [0.25, 0.3) is 0 Å². The van der Waals surface area contributed by atoms with Crippen LogP contribution in [0.3, 0.4) is 0 Å². The van der Waals surface area contributed by atoms with Crippen molar-refractivity contribution >= 4 is 59.2 Å². The first kappa shape index (κ1) is 54.7. The number of rotatable bonds is 31. The summed E-state index contributed by atoms with van der Waals surface area (Å²) in [5, 5.41) is 64.4. The minimum absolute atomic E-state index is 0.0201. The minimum Gasteiger partial charge on any atom is -0.481 e. The Balaban J connectivity index is 3.16. The van der Waals surface area contributed by atoms with E-state index in [0.717, 1.165) is 0 Å². The number of aliphatic hydroxyl groups excluding tert-OH is 3. The Morgan fingerprint density at radius 3 is 1.52 bits per heavy atom. The molecule has 19 N–H and O–H groups in total. The van der Waals surface area contributed by atoms with Crippen LogP contribution < -0.4 is 54.4 Å². The molecule has 1 aromatic heterocycles. The van der Waals surface area contributed by atoms with Crippen molar-refractivity contribution < 1.29 is 73.5 Å². The molecule has 354 valence electrons. The highest BCUT2D eigenvalue weighted by Crippen LogP contribution is 2.09. The number of nitrogens with zero attached hydrogens (tertiary/aromatic N) is 1. The van der Waals surface area contributed by atoms with Gasteiger partial charge >= 0.3 is 11.9 Å². The number of aromatic amines is 1. The SMILES string of the molecule is CC(C)C[C@H](NC(=O)[C@H](CC(=O)O)NC(=O)[C@H](CO)NC(=O)[C@H](CO)NC(=O)[C@@H](N)CCC(N)=O)C(=O)N[C@@H](CO)C(=O)N[C@@H](CCCCN)C(=O)N[C@@H](Cc1cnc[nH]1)C(=O)O. The zero-order valence-electron chi connectivity index (χ0n) is 34.8. The van der Waals surface area contributed by atoms with Gasteiger partial charge in [-0.2, -0.15) is 0 Å². The molecule has 0 bridgehead atoms. The third-order valence-electron chi connectivity index (χ3n) is 9.01. The summed E-state index contributed by atoms with van der Waals surface area (Å²) in [6, 6.07) is -12.9. The number of hydrogen-bond donors (Lipinski definition) is 16. The maximum absolute atomic E-state index is 13.6. The second-order valence-electron chi connectivity index (χ2n) is 14.7. The van der Waals surface area contributed by atoms with Crippen LogP contribution in [0.2, 0.25) is 0 Å². The summed E-state index contributed by atoms with van der Waals surface area (Å²) < 4.78 is 0. The van der Waals surface area contributed by atoms with E-state index in [-0.39, 0.29) is 44.6 Å². The Bertz CT molecular complexity index is 1710. The molecule has 0 saturated heterocycles. The van der Waals surface area contributed by atoms with Crippen molar-refractivity contribution in [2.45, 2.75) is 114 Å². The lowest BCUT2D eigenvalue weighted by atomic mass is 10.0. The number of aliphatic hydroxyl groups is 3. The first-order valence-electron chi connectivity index (χ1n) is 19.8. The van der Waals surface area contributed by atoms with E-state index in [1.165, 1.54) is 12.5 Å². The second-order valence-corrected chi connectivity index (χ2v) is 14.7. The van der Waals surface area contributed by atoms with Crippen molar-refractivity contribution in [3.05, 3.63) is 18.2 Å². The smallest absolute Gasteiger partial charge is 0.326 e. The molecular weight excluding hydrogens is 840 g/mol. The number of H-pyrrole nitrogens is 1. The third-order valence-corrected chi connectivity index (χ3v) is 9.01. The monoisotopic (exact) mass is 900 g/mol. The van der Waals surface area contributed by atoms with Crippen molar-refractivity contribution in [1.82, 2.24) is 47.2 Å². The molecule has 0 aromatic carbocycles. The van der Waals surface area contributed by atoms with Crippen molar-refractivity contribution in [3.8, 4) is 0 Å². The fraction of sp³-hybridized carbons (Fsp3) is 0.639. The summed E-state index contributed by atoms with van der Waals surface area (Å²) in [4.78, 5) is 133. The number of carbonyl (C=O) groups excluding carboxylic acids is 8. The molecule has 63 heavy (non-hydrogen) atoms. The van der Waals surface area contributed by atoms with Gasteiger partial charge in [0.05, 0.1) is 38.6 Å². The molecular formula is C36H60N12O15. The molecule has 1 aromatic rings. The number of primary amides is 1. The Morgan fingerprint density at radius 2 is 1.08 bits per heavy atom. The van der Waals surface area contributed by atoms with Gasteiger partial charge in [-0.1, -0.05) is 13.8 Å². The maximum Gasteiger partial charge on any atom is 0.326 e. The predicted octanol–water partition coefficient (Wildman–Crippen LogP) is -7.35. The van der Waals surface area contributed by atoms with Gasteiger partial charge in [-0.15, -0.1) is 0 Å². The molecule has 1 heterocycles. The normalized spacial score (nSPS) is 14.9. The van der Waals surface area contributed by atoms with Crippen molar-refractivity contribution in [3.63, 3.8) is 0 Å². The van der Waals surface area contributed by atoms with E-state index in [4.69, 9.17) is 17.2 Å². The number of carboxylic acid groups (broad SMARTS) is 2. The van der Waals surface area contributed by atoms with Gasteiger partial charge in [-0.05, 0) is 44.6 Å². The van der Waals surface area contributed by atoms with Crippen LogP contribution in [-0.4, -0.2) is 169 Å². The number of carbonyl (C=O) groups is 10. The molecule has 0 saturated carbocycles. The maximum atomic E-state index is 13.6. The lowest BCUT2D eigenvalue weighted by Gasteiger charge is -2.27. The van der Waals surface area contributed by atoms with Crippen molar-refractivity contribution in [2.75, 3.05) is 26.4 Å². The third kappa shape index (κ3) is 20.4. The molecule has 0 aliphatic carbocycles. The van der Waals surface area contributed by atoms with E-state index in [9.17, 15) is 73.5 Å². The number of carboxylic acids is 2. The van der Waals surface area contributed by atoms with E-state index in [0.29, 0.717) is 18.5 Å². The summed E-state index contributed by atoms with van der Waals surface area (Å²) in [5.41, 5.74) is 16.7. The zero-order chi connectivity index (χ0) is 47.8. The van der Waals surface area contributed by atoms with Crippen LogP contribution in [0.25, 0.3) is 0 Å². The summed E-state index contributed by atoms with van der Waals surface area (Å²) in [6.07, 6.45) is 1.52. The zero-order valence-corrected chi connectivity index (χ0v) is 34.8. The summed E-state index contributed by atoms with van der Waals surface area (Å²) in [7, 11) is 0. The van der Waals surface area contributed by atoms with E-state index in [1.807, 2.05) is 5.32 Å². The highest BCUT2D eigenvalue weighted by Gasteiger charge is 2.35. The van der Waals surface area contributed by atoms with Gasteiger partial charge in [-0.25, -0.2) is 9.78 Å².